The molecule has 17 heavy (non-hydrogen) atoms. The third-order valence-electron chi connectivity index (χ3n) is 2.55. The first-order valence-corrected chi connectivity index (χ1v) is 5.35. The van der Waals surface area contributed by atoms with E-state index < -0.39 is 0 Å². The quantitative estimate of drug-likeness (QED) is 0.667. The molecule has 0 unspecified atom stereocenters. The summed E-state index contributed by atoms with van der Waals surface area (Å²) in [6.45, 7) is 0. The normalized spacial score (nSPS) is 11.3. The van der Waals surface area contributed by atoms with E-state index >= 15 is 0 Å². The number of nitrogens with zero attached hydrogens (tertiary/aromatic N) is 2. The number of furan rings is 1. The zero-order valence-electron chi connectivity index (χ0n) is 9.08. The number of benzene rings is 1. The van der Waals surface area contributed by atoms with E-state index in [0.717, 1.165) is 22.2 Å². The fraction of sp³-hybridized carbons (Fsp3) is 0. The molecular weight excluding hydrogens is 212 g/mol. The average Bonchev–Trinajstić information content (AvgIpc) is 2.89. The lowest BCUT2D eigenvalue weighted by atomic mass is 10.1. The van der Waals surface area contributed by atoms with Crippen molar-refractivity contribution in [3.05, 3.63) is 60.2 Å². The Bertz CT molecular complexity index is 652. The molecule has 0 saturated heterocycles. The van der Waals surface area contributed by atoms with E-state index in [-0.39, 0.29) is 0 Å². The Balaban J connectivity index is 2.06. The molecule has 1 aromatic carbocycles. The van der Waals surface area contributed by atoms with Gasteiger partial charge in [-0.1, -0.05) is 18.2 Å². The van der Waals surface area contributed by atoms with E-state index in [1.807, 2.05) is 48.6 Å². The molecule has 0 N–H and O–H groups in total. The number of aromatic nitrogens is 2. The lowest BCUT2D eigenvalue weighted by Gasteiger charge is -1.98. The van der Waals surface area contributed by atoms with E-state index in [1.165, 1.54) is 0 Å². The second-order valence-corrected chi connectivity index (χ2v) is 3.67. The van der Waals surface area contributed by atoms with Crippen LogP contribution in [-0.2, 0) is 0 Å². The molecule has 82 valence electrons. The van der Waals surface area contributed by atoms with Gasteiger partial charge in [0.2, 0.25) is 0 Å². The zero-order valence-corrected chi connectivity index (χ0v) is 9.08. The lowest BCUT2D eigenvalue weighted by Crippen LogP contribution is -1.85. The number of hydrogen-bond acceptors (Lipinski definition) is 3. The predicted octanol–water partition coefficient (Wildman–Crippen LogP) is 3.39. The summed E-state index contributed by atoms with van der Waals surface area (Å²) < 4.78 is 5.24. The first-order valence-electron chi connectivity index (χ1n) is 5.35. The van der Waals surface area contributed by atoms with Crippen molar-refractivity contribution in [2.45, 2.75) is 0 Å². The van der Waals surface area contributed by atoms with E-state index in [1.54, 1.807) is 12.5 Å². The summed E-state index contributed by atoms with van der Waals surface area (Å²) in [5.41, 5.74) is 1.93. The maximum absolute atomic E-state index is 5.24. The maximum Gasteiger partial charge on any atom is 0.126 e. The van der Waals surface area contributed by atoms with Crippen LogP contribution in [0.5, 0.6) is 0 Å². The van der Waals surface area contributed by atoms with E-state index in [9.17, 15) is 0 Å². The highest BCUT2D eigenvalue weighted by Gasteiger charge is 1.98. The van der Waals surface area contributed by atoms with Gasteiger partial charge in [-0.05, 0) is 30.4 Å². The monoisotopic (exact) mass is 222 g/mol. The molecule has 0 amide bonds. The second kappa shape index (κ2) is 4.22. The molecule has 0 bridgehead atoms. The molecule has 0 fully saturated rings. The second-order valence-electron chi connectivity index (χ2n) is 3.67. The van der Waals surface area contributed by atoms with Crippen molar-refractivity contribution >= 4 is 23.1 Å². The molecule has 0 radical (unpaired) electrons. The van der Waals surface area contributed by atoms with Gasteiger partial charge in [0, 0.05) is 10.9 Å². The van der Waals surface area contributed by atoms with Gasteiger partial charge >= 0.3 is 0 Å². The number of fused-ring (bicyclic) bond motifs is 1. The van der Waals surface area contributed by atoms with Gasteiger partial charge in [0.25, 0.3) is 0 Å². The molecule has 3 heteroatoms. The van der Waals surface area contributed by atoms with Crippen LogP contribution < -0.4 is 0 Å². The van der Waals surface area contributed by atoms with Crippen LogP contribution in [0.3, 0.4) is 0 Å². The van der Waals surface area contributed by atoms with Gasteiger partial charge < -0.3 is 4.42 Å². The molecule has 2 heterocycles. The summed E-state index contributed by atoms with van der Waals surface area (Å²) in [7, 11) is 0. The summed E-state index contributed by atoms with van der Waals surface area (Å²) in [5, 5.41) is 9.15. The average molecular weight is 222 g/mol. The van der Waals surface area contributed by atoms with Crippen molar-refractivity contribution in [1.29, 1.82) is 0 Å². The van der Waals surface area contributed by atoms with Crippen molar-refractivity contribution in [2.75, 3.05) is 0 Å². The third-order valence-corrected chi connectivity index (χ3v) is 2.55. The SMILES string of the molecule is C(=C/c1cnnc2ccccc12)/c1ccco1. The van der Waals surface area contributed by atoms with Crippen LogP contribution in [0.2, 0.25) is 0 Å². The van der Waals surface area contributed by atoms with Crippen molar-refractivity contribution in [3.63, 3.8) is 0 Å². The number of hydrogen-bond donors (Lipinski definition) is 0. The number of rotatable bonds is 2. The Labute approximate surface area is 98.4 Å². The Hall–Kier alpha value is -2.42. The summed E-state index contributed by atoms with van der Waals surface area (Å²) >= 11 is 0. The van der Waals surface area contributed by atoms with Crippen LogP contribution in [0.25, 0.3) is 23.1 Å². The van der Waals surface area contributed by atoms with E-state index in [0.29, 0.717) is 0 Å². The largest absolute Gasteiger partial charge is 0.465 e. The molecule has 3 aromatic rings. The Morgan fingerprint density at radius 1 is 1.00 bits per heavy atom. The molecule has 2 aromatic heterocycles. The zero-order chi connectivity index (χ0) is 11.5. The fourth-order valence-electron chi connectivity index (χ4n) is 1.72. The van der Waals surface area contributed by atoms with Crippen LogP contribution >= 0.6 is 0 Å². The first kappa shape index (κ1) is 9.78. The van der Waals surface area contributed by atoms with Crippen LogP contribution in [0, 0.1) is 0 Å². The highest BCUT2D eigenvalue weighted by atomic mass is 16.3. The minimum Gasteiger partial charge on any atom is -0.465 e. The Kier molecular flexibility index (Phi) is 2.43. The maximum atomic E-state index is 5.24. The van der Waals surface area contributed by atoms with E-state index in [2.05, 4.69) is 10.2 Å². The van der Waals surface area contributed by atoms with Crippen LogP contribution in [0.4, 0.5) is 0 Å². The summed E-state index contributed by atoms with van der Waals surface area (Å²) in [6.07, 6.45) is 7.31. The highest BCUT2D eigenvalue weighted by Crippen LogP contribution is 2.17. The van der Waals surface area contributed by atoms with Crippen LogP contribution in [0.15, 0.2) is 53.3 Å². The topological polar surface area (TPSA) is 38.9 Å². The lowest BCUT2D eigenvalue weighted by molar-refractivity contribution is 0.557. The fourth-order valence-corrected chi connectivity index (χ4v) is 1.72. The van der Waals surface area contributed by atoms with Gasteiger partial charge in [0.1, 0.15) is 5.76 Å². The van der Waals surface area contributed by atoms with Gasteiger partial charge in [-0.2, -0.15) is 10.2 Å². The summed E-state index contributed by atoms with van der Waals surface area (Å²) in [5.74, 6) is 0.825. The van der Waals surface area contributed by atoms with Crippen molar-refractivity contribution < 1.29 is 4.42 Å². The van der Waals surface area contributed by atoms with Gasteiger partial charge in [-0.25, -0.2) is 0 Å². The van der Waals surface area contributed by atoms with E-state index in [4.69, 9.17) is 4.42 Å². The van der Waals surface area contributed by atoms with Gasteiger partial charge in [-0.3, -0.25) is 0 Å². The highest BCUT2D eigenvalue weighted by molar-refractivity contribution is 5.89. The van der Waals surface area contributed by atoms with Gasteiger partial charge in [-0.15, -0.1) is 0 Å². The van der Waals surface area contributed by atoms with Crippen molar-refractivity contribution in [1.82, 2.24) is 10.2 Å². The molecule has 0 saturated carbocycles. The Morgan fingerprint density at radius 3 is 2.82 bits per heavy atom. The summed E-state index contributed by atoms with van der Waals surface area (Å²) in [4.78, 5) is 0. The molecule has 3 rings (SSSR count). The van der Waals surface area contributed by atoms with Crippen molar-refractivity contribution in [3.8, 4) is 0 Å². The minimum atomic E-state index is 0.825. The van der Waals surface area contributed by atoms with Crippen molar-refractivity contribution in [2.24, 2.45) is 0 Å². The first-order chi connectivity index (χ1) is 8.43. The third kappa shape index (κ3) is 1.95. The molecule has 0 atom stereocenters. The predicted molar refractivity (Wildman–Crippen MR) is 67.2 cm³/mol. The smallest absolute Gasteiger partial charge is 0.126 e. The molecule has 0 aliphatic heterocycles. The van der Waals surface area contributed by atoms with Gasteiger partial charge in [0.05, 0.1) is 18.0 Å². The molecule has 0 spiro atoms. The minimum absolute atomic E-state index is 0.825. The standard InChI is InChI=1S/C14H10N2O/c1-2-6-14-13(5-1)11(10-15-16-14)7-8-12-4-3-9-17-12/h1-10H/b8-7-. The molecular formula is C14H10N2O. The summed E-state index contributed by atoms with van der Waals surface area (Å²) in [6, 6.07) is 11.7. The molecule has 0 aliphatic carbocycles. The van der Waals surface area contributed by atoms with Crippen LogP contribution in [0.1, 0.15) is 11.3 Å². The Morgan fingerprint density at radius 2 is 1.94 bits per heavy atom. The van der Waals surface area contributed by atoms with Crippen LogP contribution in [-0.4, -0.2) is 10.2 Å². The molecule has 3 nitrogen and oxygen atoms in total. The van der Waals surface area contributed by atoms with Gasteiger partial charge in [0.15, 0.2) is 0 Å². The molecule has 0 aliphatic rings.